The van der Waals surface area contributed by atoms with E-state index in [4.69, 9.17) is 16.3 Å². The lowest BCUT2D eigenvalue weighted by Gasteiger charge is -2.44. The van der Waals surface area contributed by atoms with Gasteiger partial charge in [0.25, 0.3) is 11.8 Å². The molecule has 2 fully saturated rings. The second-order valence-corrected chi connectivity index (χ2v) is 9.72. The third-order valence-corrected chi connectivity index (χ3v) is 7.31. The van der Waals surface area contributed by atoms with Gasteiger partial charge < -0.3 is 15.0 Å². The largest absolute Gasteiger partial charge is 0.353 e. The van der Waals surface area contributed by atoms with E-state index in [1.807, 2.05) is 6.07 Å². The van der Waals surface area contributed by atoms with Crippen molar-refractivity contribution < 1.29 is 23.5 Å². The Morgan fingerprint density at radius 3 is 2.55 bits per heavy atom. The molecule has 5 rings (SSSR count). The van der Waals surface area contributed by atoms with Crippen LogP contribution < -0.4 is 5.32 Å². The zero-order valence-electron chi connectivity index (χ0n) is 20.5. The van der Waals surface area contributed by atoms with E-state index < -0.39 is 23.5 Å². The quantitative estimate of drug-likeness (QED) is 0.537. The third-order valence-electron chi connectivity index (χ3n) is 6.98. The fourth-order valence-corrected chi connectivity index (χ4v) is 5.22. The summed E-state index contributed by atoms with van der Waals surface area (Å²) in [6, 6.07) is 14.9. The number of carbonyl (C=O) groups excluding carboxylic acids is 3. The van der Waals surface area contributed by atoms with Gasteiger partial charge in [-0.1, -0.05) is 35.9 Å². The van der Waals surface area contributed by atoms with Gasteiger partial charge in [0, 0.05) is 50.4 Å². The van der Waals surface area contributed by atoms with Crippen LogP contribution in [-0.4, -0.2) is 64.0 Å². The Morgan fingerprint density at radius 1 is 1.05 bits per heavy atom. The molecule has 1 aromatic heterocycles. The minimum Gasteiger partial charge on any atom is -0.353 e. The minimum absolute atomic E-state index is 0.0155. The second-order valence-electron chi connectivity index (χ2n) is 9.31. The van der Waals surface area contributed by atoms with Crippen molar-refractivity contribution >= 4 is 29.3 Å². The maximum Gasteiger partial charge on any atom is 0.256 e. The Morgan fingerprint density at radius 2 is 1.84 bits per heavy atom. The first-order chi connectivity index (χ1) is 18.4. The first-order valence-corrected chi connectivity index (χ1v) is 12.7. The highest BCUT2D eigenvalue weighted by atomic mass is 35.5. The number of nitrogens with zero attached hydrogens (tertiary/aromatic N) is 3. The van der Waals surface area contributed by atoms with Crippen molar-refractivity contribution in [3.63, 3.8) is 0 Å². The van der Waals surface area contributed by atoms with E-state index in [1.54, 1.807) is 47.6 Å². The van der Waals surface area contributed by atoms with Gasteiger partial charge in [0.2, 0.25) is 5.91 Å². The molecule has 1 N–H and O–H groups in total. The molecule has 2 aromatic carbocycles. The van der Waals surface area contributed by atoms with Gasteiger partial charge in [-0.25, -0.2) is 4.39 Å². The van der Waals surface area contributed by atoms with Crippen molar-refractivity contribution in [2.75, 3.05) is 19.7 Å². The minimum atomic E-state index is -1.11. The summed E-state index contributed by atoms with van der Waals surface area (Å²) in [5.41, 5.74) is 0.216. The first kappa shape index (κ1) is 25.8. The van der Waals surface area contributed by atoms with Crippen molar-refractivity contribution in [1.29, 1.82) is 0 Å². The zero-order valence-corrected chi connectivity index (χ0v) is 21.2. The fourth-order valence-electron chi connectivity index (χ4n) is 5.00. The first-order valence-electron chi connectivity index (χ1n) is 12.3. The Hall–Kier alpha value is -3.82. The normalized spacial score (nSPS) is 18.4. The van der Waals surface area contributed by atoms with E-state index >= 15 is 0 Å². The van der Waals surface area contributed by atoms with E-state index in [0.717, 1.165) is 11.6 Å². The lowest BCUT2D eigenvalue weighted by Crippen LogP contribution is -2.59. The molecular weight excluding hydrogens is 511 g/mol. The van der Waals surface area contributed by atoms with Crippen LogP contribution in [0.5, 0.6) is 0 Å². The summed E-state index contributed by atoms with van der Waals surface area (Å²) < 4.78 is 20.2. The number of amides is 3. The summed E-state index contributed by atoms with van der Waals surface area (Å²) in [6.45, 7) is 0.804. The van der Waals surface area contributed by atoms with Gasteiger partial charge in [-0.15, -0.1) is 0 Å². The van der Waals surface area contributed by atoms with Crippen LogP contribution in [0.3, 0.4) is 0 Å². The van der Waals surface area contributed by atoms with E-state index in [2.05, 4.69) is 10.3 Å². The van der Waals surface area contributed by atoms with Gasteiger partial charge in [-0.3, -0.25) is 24.3 Å². The van der Waals surface area contributed by atoms with Crippen molar-refractivity contribution in [2.45, 2.75) is 31.2 Å². The molecule has 10 heteroatoms. The number of ether oxygens (including phenoxy) is 1. The van der Waals surface area contributed by atoms with Gasteiger partial charge in [-0.2, -0.15) is 0 Å². The smallest absolute Gasteiger partial charge is 0.256 e. The van der Waals surface area contributed by atoms with Gasteiger partial charge in [0.1, 0.15) is 17.6 Å². The lowest BCUT2D eigenvalue weighted by molar-refractivity contribution is -0.128. The van der Waals surface area contributed by atoms with Crippen molar-refractivity contribution in [2.24, 2.45) is 0 Å². The molecule has 196 valence electrons. The maximum atomic E-state index is 14.0. The van der Waals surface area contributed by atoms with E-state index in [-0.39, 0.29) is 43.4 Å². The van der Waals surface area contributed by atoms with Crippen LogP contribution in [-0.2, 0) is 16.1 Å². The Kier molecular flexibility index (Phi) is 7.40. The van der Waals surface area contributed by atoms with Crippen LogP contribution in [0, 0.1) is 5.82 Å². The lowest BCUT2D eigenvalue weighted by atomic mass is 9.96. The van der Waals surface area contributed by atoms with Crippen molar-refractivity contribution in [3.8, 4) is 0 Å². The van der Waals surface area contributed by atoms with Gasteiger partial charge >= 0.3 is 0 Å². The summed E-state index contributed by atoms with van der Waals surface area (Å²) in [4.78, 5) is 47.3. The molecule has 0 unspecified atom stereocenters. The number of pyridine rings is 1. The van der Waals surface area contributed by atoms with Crippen LogP contribution in [0.15, 0.2) is 73.1 Å². The molecule has 3 aromatic rings. The molecule has 3 amide bonds. The molecule has 1 atom stereocenters. The molecular formula is C28H26ClFN4O4. The molecule has 0 bridgehead atoms. The van der Waals surface area contributed by atoms with Crippen LogP contribution >= 0.6 is 11.6 Å². The molecule has 8 nitrogen and oxygen atoms in total. The predicted molar refractivity (Wildman–Crippen MR) is 138 cm³/mol. The number of piperidine rings is 1. The Bertz CT molecular complexity index is 1350. The number of carbonyl (C=O) groups is 3. The average Bonchev–Trinajstić information content (AvgIpc) is 3.30. The van der Waals surface area contributed by atoms with Gasteiger partial charge in [-0.05, 0) is 42.0 Å². The summed E-state index contributed by atoms with van der Waals surface area (Å²) in [7, 11) is 0. The number of halogens is 2. The number of benzene rings is 2. The van der Waals surface area contributed by atoms with E-state index in [0.29, 0.717) is 23.7 Å². The number of rotatable bonds is 5. The van der Waals surface area contributed by atoms with Crippen LogP contribution in [0.2, 0.25) is 5.02 Å². The SMILES string of the molecule is O=C(NCc1cccnc1)[C@@H]1COC2(CCN(C(=O)c3ccccc3Cl)CC2)N1C(=O)c1cccc(F)c1. The number of likely N-dealkylation sites (tertiary alicyclic amines) is 1. The van der Waals surface area contributed by atoms with Crippen LogP contribution in [0.4, 0.5) is 4.39 Å². The number of nitrogens with one attached hydrogen (secondary N) is 1. The second kappa shape index (κ2) is 10.9. The molecule has 2 aliphatic rings. The van der Waals surface area contributed by atoms with E-state index in [9.17, 15) is 18.8 Å². The van der Waals surface area contributed by atoms with Crippen LogP contribution in [0.25, 0.3) is 0 Å². The number of hydrogen-bond acceptors (Lipinski definition) is 5. The molecule has 3 heterocycles. The summed E-state index contributed by atoms with van der Waals surface area (Å²) in [6.07, 6.45) is 3.86. The van der Waals surface area contributed by atoms with Gasteiger partial charge in [0.05, 0.1) is 17.2 Å². The Labute approximate surface area is 224 Å². The summed E-state index contributed by atoms with van der Waals surface area (Å²) >= 11 is 6.23. The van der Waals surface area contributed by atoms with Crippen LogP contribution in [0.1, 0.15) is 39.1 Å². The highest BCUT2D eigenvalue weighted by molar-refractivity contribution is 6.33. The highest BCUT2D eigenvalue weighted by Gasteiger charge is 2.54. The zero-order chi connectivity index (χ0) is 26.7. The Balaban J connectivity index is 1.37. The summed E-state index contributed by atoms with van der Waals surface area (Å²) in [5.74, 6) is -1.65. The molecule has 0 saturated carbocycles. The third kappa shape index (κ3) is 5.12. The number of hydrogen-bond donors (Lipinski definition) is 1. The monoisotopic (exact) mass is 536 g/mol. The standard InChI is InChI=1S/C28H26ClFN4O4/c29-23-9-2-1-8-22(23)27(37)33-13-10-28(11-14-33)34(26(36)20-6-3-7-21(30)15-20)24(18-38-28)25(35)32-17-19-5-4-12-31-16-19/h1-9,12,15-16,24H,10-11,13-14,17-18H2,(H,32,35)/t24-/m0/s1. The topological polar surface area (TPSA) is 91.8 Å². The number of aromatic nitrogens is 1. The van der Waals surface area contributed by atoms with E-state index in [1.165, 1.54) is 23.1 Å². The molecule has 0 aliphatic carbocycles. The van der Waals surface area contributed by atoms with Crippen molar-refractivity contribution in [1.82, 2.24) is 20.1 Å². The van der Waals surface area contributed by atoms with Gasteiger partial charge in [0.15, 0.2) is 0 Å². The predicted octanol–water partition coefficient (Wildman–Crippen LogP) is 3.66. The molecule has 1 spiro atoms. The average molecular weight is 537 g/mol. The fraction of sp³-hybridized carbons (Fsp3) is 0.286. The highest BCUT2D eigenvalue weighted by Crippen LogP contribution is 2.39. The molecule has 2 saturated heterocycles. The van der Waals surface area contributed by atoms with Crippen molar-refractivity contribution in [3.05, 3.63) is 101 Å². The molecule has 0 radical (unpaired) electrons. The maximum absolute atomic E-state index is 14.0. The molecule has 2 aliphatic heterocycles. The molecule has 38 heavy (non-hydrogen) atoms. The summed E-state index contributed by atoms with van der Waals surface area (Å²) in [5, 5.41) is 3.22.